The van der Waals surface area contributed by atoms with Gasteiger partial charge in [0.25, 0.3) is 0 Å². The van der Waals surface area contributed by atoms with E-state index in [0.29, 0.717) is 19.4 Å². The normalized spacial score (nSPS) is 20.7. The van der Waals surface area contributed by atoms with Gasteiger partial charge < -0.3 is 10.5 Å². The molecule has 0 saturated carbocycles. The van der Waals surface area contributed by atoms with Gasteiger partial charge in [0.05, 0.1) is 6.61 Å². The lowest BCUT2D eigenvalue weighted by atomic mass is 9.97. The third kappa shape index (κ3) is 2.25. The first-order valence-corrected chi connectivity index (χ1v) is 7.67. The smallest absolute Gasteiger partial charge is 0.326 e. The second-order valence-corrected chi connectivity index (χ2v) is 6.01. The van der Waals surface area contributed by atoms with Crippen LogP contribution in [0.15, 0.2) is 35.0 Å². The van der Waals surface area contributed by atoms with E-state index < -0.39 is 5.54 Å². The zero-order valence-electron chi connectivity index (χ0n) is 11.4. The monoisotopic (exact) mass is 287 g/mol. The minimum atomic E-state index is -0.897. The first-order chi connectivity index (χ1) is 9.62. The molecule has 1 aromatic heterocycles. The number of hydrogen-bond acceptors (Lipinski definition) is 4. The summed E-state index contributed by atoms with van der Waals surface area (Å²) >= 11 is 1.68. The Kier molecular flexibility index (Phi) is 3.36. The lowest BCUT2D eigenvalue weighted by Gasteiger charge is -2.20. The minimum Gasteiger partial charge on any atom is -0.465 e. The van der Waals surface area contributed by atoms with Crippen molar-refractivity contribution in [2.75, 3.05) is 6.61 Å². The van der Waals surface area contributed by atoms with E-state index in [1.165, 1.54) is 11.1 Å². The molecule has 0 fully saturated rings. The Balaban J connectivity index is 1.89. The molecule has 1 aromatic carbocycles. The summed E-state index contributed by atoms with van der Waals surface area (Å²) in [5, 5.41) is 4.19. The molecule has 3 rings (SSSR count). The number of thiophene rings is 1. The van der Waals surface area contributed by atoms with E-state index in [1.54, 1.807) is 18.3 Å². The van der Waals surface area contributed by atoms with Gasteiger partial charge in [-0.1, -0.05) is 18.2 Å². The van der Waals surface area contributed by atoms with E-state index >= 15 is 0 Å². The van der Waals surface area contributed by atoms with E-state index in [4.69, 9.17) is 10.5 Å². The number of carbonyl (C=O) groups excluding carboxylic acids is 1. The molecular weight excluding hydrogens is 270 g/mol. The Bertz CT molecular complexity index is 636. The summed E-state index contributed by atoms with van der Waals surface area (Å²) in [6.07, 6.45) is 1.12. The highest BCUT2D eigenvalue weighted by atomic mass is 32.1. The predicted octanol–water partition coefficient (Wildman–Crippen LogP) is 2.77. The van der Waals surface area contributed by atoms with Crippen molar-refractivity contribution < 1.29 is 9.53 Å². The second kappa shape index (κ2) is 5.04. The van der Waals surface area contributed by atoms with Crippen LogP contribution in [-0.4, -0.2) is 18.1 Å². The van der Waals surface area contributed by atoms with Gasteiger partial charge >= 0.3 is 5.97 Å². The van der Waals surface area contributed by atoms with Crippen molar-refractivity contribution >= 4 is 17.3 Å². The van der Waals surface area contributed by atoms with Crippen LogP contribution in [0.25, 0.3) is 11.1 Å². The molecule has 0 aliphatic heterocycles. The lowest BCUT2D eigenvalue weighted by molar-refractivity contribution is -0.149. The molecule has 0 spiro atoms. The van der Waals surface area contributed by atoms with Crippen molar-refractivity contribution in [3.05, 3.63) is 46.2 Å². The van der Waals surface area contributed by atoms with Gasteiger partial charge in [-0.25, -0.2) is 0 Å². The summed E-state index contributed by atoms with van der Waals surface area (Å²) in [5.41, 5.74) is 10.0. The summed E-state index contributed by atoms with van der Waals surface area (Å²) in [5.74, 6) is -0.298. The molecule has 1 aliphatic rings. The molecule has 2 aromatic rings. The summed E-state index contributed by atoms with van der Waals surface area (Å²) in [6.45, 7) is 2.17. The number of ether oxygens (including phenoxy) is 1. The molecule has 3 nitrogen and oxygen atoms in total. The first kappa shape index (κ1) is 13.3. The van der Waals surface area contributed by atoms with Gasteiger partial charge in [-0.2, -0.15) is 11.3 Å². The van der Waals surface area contributed by atoms with Gasteiger partial charge in [0, 0.05) is 12.8 Å². The predicted molar refractivity (Wildman–Crippen MR) is 80.7 cm³/mol. The summed E-state index contributed by atoms with van der Waals surface area (Å²) in [6, 6.07) is 8.42. The van der Waals surface area contributed by atoms with E-state index in [1.807, 2.05) is 0 Å². The molecule has 4 heteroatoms. The zero-order chi connectivity index (χ0) is 14.2. The fraction of sp³-hybridized carbons (Fsp3) is 0.312. The molecule has 1 unspecified atom stereocenters. The van der Waals surface area contributed by atoms with E-state index in [0.717, 1.165) is 11.1 Å². The Morgan fingerprint density at radius 2 is 2.10 bits per heavy atom. The Morgan fingerprint density at radius 3 is 2.80 bits per heavy atom. The number of esters is 1. The molecule has 104 valence electrons. The fourth-order valence-corrected chi connectivity index (χ4v) is 3.40. The van der Waals surface area contributed by atoms with Crippen LogP contribution in [0.2, 0.25) is 0 Å². The molecule has 0 bridgehead atoms. The average molecular weight is 287 g/mol. The largest absolute Gasteiger partial charge is 0.465 e. The molecule has 1 aliphatic carbocycles. The number of rotatable bonds is 3. The minimum absolute atomic E-state index is 0.298. The molecule has 1 heterocycles. The van der Waals surface area contributed by atoms with Crippen LogP contribution in [0.5, 0.6) is 0 Å². The van der Waals surface area contributed by atoms with Gasteiger partial charge in [0.1, 0.15) is 5.54 Å². The van der Waals surface area contributed by atoms with Crippen molar-refractivity contribution in [1.82, 2.24) is 0 Å². The lowest BCUT2D eigenvalue weighted by Crippen LogP contribution is -2.50. The molecule has 2 N–H and O–H groups in total. The third-order valence-corrected chi connectivity index (χ3v) is 4.44. The second-order valence-electron chi connectivity index (χ2n) is 5.23. The van der Waals surface area contributed by atoms with Crippen LogP contribution in [0.4, 0.5) is 0 Å². The first-order valence-electron chi connectivity index (χ1n) is 6.73. The molecule has 20 heavy (non-hydrogen) atoms. The van der Waals surface area contributed by atoms with E-state index in [-0.39, 0.29) is 5.97 Å². The van der Waals surface area contributed by atoms with Gasteiger partial charge in [-0.05, 0) is 46.0 Å². The molecule has 0 amide bonds. The third-order valence-electron chi connectivity index (χ3n) is 3.75. The number of nitrogens with two attached hydrogens (primary N) is 1. The Labute approximate surface area is 122 Å². The van der Waals surface area contributed by atoms with E-state index in [9.17, 15) is 4.79 Å². The Hall–Kier alpha value is -1.65. The summed E-state index contributed by atoms with van der Waals surface area (Å²) in [7, 11) is 0. The van der Waals surface area contributed by atoms with Gasteiger partial charge in [0.2, 0.25) is 0 Å². The van der Waals surface area contributed by atoms with Crippen molar-refractivity contribution in [2.45, 2.75) is 25.3 Å². The van der Waals surface area contributed by atoms with Crippen LogP contribution in [0, 0.1) is 0 Å². The SMILES string of the molecule is CCOC(=O)C1(N)Cc2ccc(-c3ccsc3)cc2C1. The van der Waals surface area contributed by atoms with Crippen molar-refractivity contribution in [3.63, 3.8) is 0 Å². The van der Waals surface area contributed by atoms with Crippen molar-refractivity contribution in [2.24, 2.45) is 5.73 Å². The van der Waals surface area contributed by atoms with Crippen LogP contribution in [0.3, 0.4) is 0 Å². The molecular formula is C16H17NO2S. The van der Waals surface area contributed by atoms with Crippen molar-refractivity contribution in [3.8, 4) is 11.1 Å². The maximum absolute atomic E-state index is 12.0. The maximum atomic E-state index is 12.0. The highest BCUT2D eigenvalue weighted by molar-refractivity contribution is 7.08. The fourth-order valence-electron chi connectivity index (χ4n) is 2.73. The molecule has 0 radical (unpaired) electrons. The number of fused-ring (bicyclic) bond motifs is 1. The highest BCUT2D eigenvalue weighted by Gasteiger charge is 2.41. The van der Waals surface area contributed by atoms with Gasteiger partial charge in [-0.15, -0.1) is 0 Å². The molecule has 1 atom stereocenters. The van der Waals surface area contributed by atoms with Gasteiger partial charge in [-0.3, -0.25) is 4.79 Å². The average Bonchev–Trinajstić information content (AvgIpc) is 3.04. The maximum Gasteiger partial charge on any atom is 0.326 e. The van der Waals surface area contributed by atoms with Crippen LogP contribution in [0.1, 0.15) is 18.1 Å². The van der Waals surface area contributed by atoms with Crippen molar-refractivity contribution in [1.29, 1.82) is 0 Å². The topological polar surface area (TPSA) is 52.3 Å². The standard InChI is InChI=1S/C16H17NO2S/c1-2-19-15(18)16(17)8-12-4-3-11(7-14(12)9-16)13-5-6-20-10-13/h3-7,10H,2,8-9,17H2,1H3. The van der Waals surface area contributed by atoms with Gasteiger partial charge in [0.15, 0.2) is 0 Å². The van der Waals surface area contributed by atoms with Crippen LogP contribution >= 0.6 is 11.3 Å². The Morgan fingerprint density at radius 1 is 1.30 bits per heavy atom. The quantitative estimate of drug-likeness (QED) is 0.883. The highest BCUT2D eigenvalue weighted by Crippen LogP contribution is 2.33. The summed E-state index contributed by atoms with van der Waals surface area (Å²) < 4.78 is 5.10. The number of benzene rings is 1. The van der Waals surface area contributed by atoms with Crippen LogP contribution < -0.4 is 5.73 Å². The van der Waals surface area contributed by atoms with E-state index in [2.05, 4.69) is 35.0 Å². The zero-order valence-corrected chi connectivity index (χ0v) is 12.2. The number of carbonyl (C=O) groups is 1. The molecule has 0 saturated heterocycles. The summed E-state index contributed by atoms with van der Waals surface area (Å²) in [4.78, 5) is 12.0. The van der Waals surface area contributed by atoms with Crippen LogP contribution in [-0.2, 0) is 22.4 Å². The number of hydrogen-bond donors (Lipinski definition) is 1.